The zero-order chi connectivity index (χ0) is 13.5. The molecule has 2 N–H and O–H groups in total. The molecular formula is C13H28N4O. The molecule has 0 aromatic rings. The van der Waals surface area contributed by atoms with Gasteiger partial charge in [0, 0.05) is 39.3 Å². The Hall–Kier alpha value is -0.650. The fourth-order valence-corrected chi connectivity index (χ4v) is 2.20. The number of nitrogens with two attached hydrogens (primary N) is 1. The molecule has 0 radical (unpaired) electrons. The van der Waals surface area contributed by atoms with Gasteiger partial charge in [-0.05, 0) is 20.5 Å². The lowest BCUT2D eigenvalue weighted by Crippen LogP contribution is -2.53. The van der Waals surface area contributed by atoms with Gasteiger partial charge in [0.05, 0.1) is 6.04 Å². The molecule has 1 fully saturated rings. The second-order valence-corrected chi connectivity index (χ2v) is 5.37. The minimum Gasteiger partial charge on any atom is -0.339 e. The number of hydrogen-bond acceptors (Lipinski definition) is 4. The summed E-state index contributed by atoms with van der Waals surface area (Å²) in [7, 11) is 4.17. The van der Waals surface area contributed by atoms with E-state index in [9.17, 15) is 4.79 Å². The SMILES string of the molecule is CCC[C@@H](N)C(=O)N1CCN(CCN(C)C)CC1. The van der Waals surface area contributed by atoms with Crippen molar-refractivity contribution in [2.45, 2.75) is 25.8 Å². The van der Waals surface area contributed by atoms with Crippen molar-refractivity contribution in [1.82, 2.24) is 14.7 Å². The second kappa shape index (κ2) is 7.71. The highest BCUT2D eigenvalue weighted by atomic mass is 16.2. The highest BCUT2D eigenvalue weighted by Gasteiger charge is 2.24. The molecule has 1 heterocycles. The fraction of sp³-hybridized carbons (Fsp3) is 0.923. The van der Waals surface area contributed by atoms with Crippen LogP contribution < -0.4 is 5.73 Å². The predicted octanol–water partition coefficient (Wildman–Crippen LogP) is -0.180. The molecule has 0 spiro atoms. The molecule has 0 saturated carbocycles. The molecule has 0 aromatic heterocycles. The van der Waals surface area contributed by atoms with E-state index < -0.39 is 0 Å². The number of rotatable bonds is 6. The van der Waals surface area contributed by atoms with Crippen molar-refractivity contribution in [2.75, 3.05) is 53.4 Å². The zero-order valence-electron chi connectivity index (χ0n) is 12.1. The lowest BCUT2D eigenvalue weighted by atomic mass is 10.1. The van der Waals surface area contributed by atoms with Crippen molar-refractivity contribution >= 4 is 5.91 Å². The number of hydrogen-bond donors (Lipinski definition) is 1. The first-order valence-electron chi connectivity index (χ1n) is 6.96. The second-order valence-electron chi connectivity index (χ2n) is 5.37. The lowest BCUT2D eigenvalue weighted by molar-refractivity contribution is -0.134. The Kier molecular flexibility index (Phi) is 6.60. The van der Waals surface area contributed by atoms with Crippen LogP contribution in [0.4, 0.5) is 0 Å². The minimum atomic E-state index is -0.302. The molecule has 1 aliphatic heterocycles. The molecule has 1 aliphatic rings. The van der Waals surface area contributed by atoms with Crippen LogP contribution >= 0.6 is 0 Å². The molecule has 5 nitrogen and oxygen atoms in total. The van der Waals surface area contributed by atoms with E-state index in [1.807, 2.05) is 4.90 Å². The maximum Gasteiger partial charge on any atom is 0.239 e. The fourth-order valence-electron chi connectivity index (χ4n) is 2.20. The molecule has 106 valence electrons. The van der Waals surface area contributed by atoms with Crippen LogP contribution in [-0.4, -0.2) is 80.0 Å². The van der Waals surface area contributed by atoms with Gasteiger partial charge in [0.25, 0.3) is 0 Å². The molecule has 0 bridgehead atoms. The first-order valence-corrected chi connectivity index (χ1v) is 6.96. The Balaban J connectivity index is 2.28. The van der Waals surface area contributed by atoms with Crippen LogP contribution in [0, 0.1) is 0 Å². The summed E-state index contributed by atoms with van der Waals surface area (Å²) in [5.41, 5.74) is 5.88. The quantitative estimate of drug-likeness (QED) is 0.716. The molecule has 1 saturated heterocycles. The van der Waals surface area contributed by atoms with Crippen LogP contribution in [-0.2, 0) is 4.79 Å². The van der Waals surface area contributed by atoms with Gasteiger partial charge < -0.3 is 15.5 Å². The van der Waals surface area contributed by atoms with Crippen molar-refractivity contribution in [3.05, 3.63) is 0 Å². The van der Waals surface area contributed by atoms with E-state index >= 15 is 0 Å². The third-order valence-corrected chi connectivity index (χ3v) is 3.46. The molecular weight excluding hydrogens is 228 g/mol. The smallest absolute Gasteiger partial charge is 0.239 e. The number of carbonyl (C=O) groups excluding carboxylic acids is 1. The van der Waals surface area contributed by atoms with Crippen molar-refractivity contribution in [2.24, 2.45) is 5.73 Å². The Labute approximate surface area is 111 Å². The highest BCUT2D eigenvalue weighted by molar-refractivity contribution is 5.81. The van der Waals surface area contributed by atoms with E-state index in [2.05, 4.69) is 30.8 Å². The molecule has 0 aliphatic carbocycles. The summed E-state index contributed by atoms with van der Waals surface area (Å²) in [5.74, 6) is 0.129. The van der Waals surface area contributed by atoms with Crippen LogP contribution in [0.1, 0.15) is 19.8 Å². The molecule has 1 amide bonds. The number of likely N-dealkylation sites (N-methyl/N-ethyl adjacent to an activating group) is 1. The highest BCUT2D eigenvalue weighted by Crippen LogP contribution is 2.05. The van der Waals surface area contributed by atoms with E-state index in [0.29, 0.717) is 0 Å². The topological polar surface area (TPSA) is 52.8 Å². The average molecular weight is 256 g/mol. The van der Waals surface area contributed by atoms with Gasteiger partial charge in [-0.15, -0.1) is 0 Å². The van der Waals surface area contributed by atoms with Crippen LogP contribution in [0.3, 0.4) is 0 Å². The Bertz CT molecular complexity index is 249. The first kappa shape index (κ1) is 15.4. The van der Waals surface area contributed by atoms with Gasteiger partial charge in [0.15, 0.2) is 0 Å². The lowest BCUT2D eigenvalue weighted by Gasteiger charge is -2.36. The summed E-state index contributed by atoms with van der Waals surface area (Å²) in [5, 5.41) is 0. The average Bonchev–Trinajstić information content (AvgIpc) is 2.36. The standard InChI is InChI=1S/C13H28N4O/c1-4-5-12(14)13(18)17-10-8-16(9-11-17)7-6-15(2)3/h12H,4-11,14H2,1-3H3/t12-/m1/s1. The summed E-state index contributed by atoms with van der Waals surface area (Å²) in [6.07, 6.45) is 1.76. The summed E-state index contributed by atoms with van der Waals surface area (Å²) in [6.45, 7) is 7.80. The monoisotopic (exact) mass is 256 g/mol. The Morgan fingerprint density at radius 2 is 1.89 bits per heavy atom. The molecule has 0 unspecified atom stereocenters. The summed E-state index contributed by atoms with van der Waals surface area (Å²) >= 11 is 0. The van der Waals surface area contributed by atoms with Gasteiger partial charge in [-0.25, -0.2) is 0 Å². The maximum atomic E-state index is 12.0. The van der Waals surface area contributed by atoms with Crippen LogP contribution in [0.5, 0.6) is 0 Å². The van der Waals surface area contributed by atoms with Gasteiger partial charge in [-0.3, -0.25) is 9.69 Å². The molecule has 1 rings (SSSR count). The van der Waals surface area contributed by atoms with E-state index in [1.165, 1.54) is 0 Å². The molecule has 0 aromatic carbocycles. The number of piperazine rings is 1. The van der Waals surface area contributed by atoms with Gasteiger partial charge in [0.2, 0.25) is 5.91 Å². The number of nitrogens with zero attached hydrogens (tertiary/aromatic N) is 3. The first-order chi connectivity index (χ1) is 8.54. The number of amides is 1. The third-order valence-electron chi connectivity index (χ3n) is 3.46. The molecule has 18 heavy (non-hydrogen) atoms. The van der Waals surface area contributed by atoms with Crippen molar-refractivity contribution < 1.29 is 4.79 Å². The van der Waals surface area contributed by atoms with E-state index in [4.69, 9.17) is 5.73 Å². The van der Waals surface area contributed by atoms with Gasteiger partial charge >= 0.3 is 0 Å². The van der Waals surface area contributed by atoms with E-state index in [-0.39, 0.29) is 11.9 Å². The van der Waals surface area contributed by atoms with Crippen LogP contribution in [0.15, 0.2) is 0 Å². The number of carbonyl (C=O) groups is 1. The van der Waals surface area contributed by atoms with E-state index in [0.717, 1.165) is 52.1 Å². The molecule has 5 heteroatoms. The van der Waals surface area contributed by atoms with Crippen molar-refractivity contribution in [3.8, 4) is 0 Å². The largest absolute Gasteiger partial charge is 0.339 e. The maximum absolute atomic E-state index is 12.0. The normalized spacial score (nSPS) is 19.3. The summed E-state index contributed by atoms with van der Waals surface area (Å²) in [6, 6.07) is -0.302. The van der Waals surface area contributed by atoms with Crippen molar-refractivity contribution in [3.63, 3.8) is 0 Å². The van der Waals surface area contributed by atoms with Gasteiger partial charge in [-0.2, -0.15) is 0 Å². The molecule has 1 atom stereocenters. The van der Waals surface area contributed by atoms with Crippen LogP contribution in [0.2, 0.25) is 0 Å². The third kappa shape index (κ3) is 4.92. The Morgan fingerprint density at radius 1 is 1.28 bits per heavy atom. The van der Waals surface area contributed by atoms with Gasteiger partial charge in [-0.1, -0.05) is 13.3 Å². The minimum absolute atomic E-state index is 0.129. The summed E-state index contributed by atoms with van der Waals surface area (Å²) in [4.78, 5) is 18.6. The Morgan fingerprint density at radius 3 is 2.39 bits per heavy atom. The van der Waals surface area contributed by atoms with Gasteiger partial charge in [0.1, 0.15) is 0 Å². The van der Waals surface area contributed by atoms with Crippen molar-refractivity contribution in [1.29, 1.82) is 0 Å². The zero-order valence-corrected chi connectivity index (χ0v) is 12.1. The van der Waals surface area contributed by atoms with E-state index in [1.54, 1.807) is 0 Å². The predicted molar refractivity (Wildman–Crippen MR) is 74.5 cm³/mol. The summed E-state index contributed by atoms with van der Waals surface area (Å²) < 4.78 is 0. The van der Waals surface area contributed by atoms with Crippen LogP contribution in [0.25, 0.3) is 0 Å².